The number of hydrogen-bond donors (Lipinski definition) is 1. The van der Waals surface area contributed by atoms with Crippen LogP contribution >= 0.6 is 11.3 Å². The molecule has 0 spiro atoms. The number of carbonyl (C=O) groups is 1. The molecular formula is C22H19N3O2S. The molecule has 6 heteroatoms. The Labute approximate surface area is 167 Å². The smallest absolute Gasteiger partial charge is 0.266 e. The lowest BCUT2D eigenvalue weighted by Crippen LogP contribution is -2.14. The van der Waals surface area contributed by atoms with Crippen molar-refractivity contribution in [3.05, 3.63) is 70.2 Å². The molecule has 0 unspecified atom stereocenters. The number of aryl methyl sites for hydroxylation is 2. The van der Waals surface area contributed by atoms with Gasteiger partial charge in [-0.15, -0.1) is 11.3 Å². The Morgan fingerprint density at radius 1 is 1.25 bits per heavy atom. The Morgan fingerprint density at radius 2 is 2.07 bits per heavy atom. The van der Waals surface area contributed by atoms with Gasteiger partial charge < -0.3 is 10.1 Å². The minimum absolute atomic E-state index is 0.00228. The summed E-state index contributed by atoms with van der Waals surface area (Å²) in [4.78, 5) is 17.0. The average Bonchev–Trinajstić information content (AvgIpc) is 3.17. The van der Waals surface area contributed by atoms with E-state index in [2.05, 4.69) is 10.3 Å². The van der Waals surface area contributed by atoms with Crippen LogP contribution in [0.25, 0.3) is 16.6 Å². The van der Waals surface area contributed by atoms with Gasteiger partial charge in [0.1, 0.15) is 22.4 Å². The summed E-state index contributed by atoms with van der Waals surface area (Å²) >= 11 is 1.44. The molecule has 0 aliphatic rings. The molecule has 0 atom stereocenters. The van der Waals surface area contributed by atoms with E-state index < -0.39 is 5.91 Å². The van der Waals surface area contributed by atoms with Crippen LogP contribution in [0.4, 0.5) is 5.69 Å². The second-order valence-corrected chi connectivity index (χ2v) is 7.11. The van der Waals surface area contributed by atoms with E-state index in [9.17, 15) is 10.1 Å². The van der Waals surface area contributed by atoms with Crippen molar-refractivity contribution in [3.63, 3.8) is 0 Å². The van der Waals surface area contributed by atoms with Gasteiger partial charge in [-0.1, -0.05) is 29.8 Å². The van der Waals surface area contributed by atoms with Gasteiger partial charge in [-0.3, -0.25) is 4.79 Å². The first kappa shape index (κ1) is 19.3. The Kier molecular flexibility index (Phi) is 5.87. The maximum atomic E-state index is 12.5. The monoisotopic (exact) mass is 389 g/mol. The van der Waals surface area contributed by atoms with E-state index in [1.807, 2.05) is 67.8 Å². The van der Waals surface area contributed by atoms with Gasteiger partial charge >= 0.3 is 0 Å². The Hall–Kier alpha value is -3.43. The second kappa shape index (κ2) is 8.51. The number of aromatic nitrogens is 1. The van der Waals surface area contributed by atoms with Crippen molar-refractivity contribution in [1.29, 1.82) is 5.26 Å². The molecule has 1 N–H and O–H groups in total. The zero-order chi connectivity index (χ0) is 20.1. The maximum Gasteiger partial charge on any atom is 0.266 e. The lowest BCUT2D eigenvalue weighted by atomic mass is 10.1. The van der Waals surface area contributed by atoms with Crippen LogP contribution in [0.2, 0.25) is 0 Å². The van der Waals surface area contributed by atoms with Gasteiger partial charge in [0, 0.05) is 16.6 Å². The van der Waals surface area contributed by atoms with Gasteiger partial charge in [0.25, 0.3) is 5.91 Å². The fourth-order valence-electron chi connectivity index (χ4n) is 2.68. The third-order valence-corrected chi connectivity index (χ3v) is 5.04. The highest BCUT2D eigenvalue weighted by atomic mass is 32.1. The van der Waals surface area contributed by atoms with Gasteiger partial charge in [-0.05, 0) is 43.7 Å². The number of thiazole rings is 1. The van der Waals surface area contributed by atoms with E-state index in [4.69, 9.17) is 4.74 Å². The first-order chi connectivity index (χ1) is 13.5. The second-order valence-electron chi connectivity index (χ2n) is 6.25. The number of nitrogens with zero attached hydrogens (tertiary/aromatic N) is 2. The first-order valence-electron chi connectivity index (χ1n) is 8.60. The molecule has 0 aliphatic heterocycles. The molecule has 2 aromatic carbocycles. The zero-order valence-electron chi connectivity index (χ0n) is 15.8. The van der Waals surface area contributed by atoms with Crippen molar-refractivity contribution in [2.75, 3.05) is 12.4 Å². The molecule has 28 heavy (non-hydrogen) atoms. The molecule has 0 aliphatic carbocycles. The maximum absolute atomic E-state index is 12.5. The predicted molar refractivity (Wildman–Crippen MR) is 112 cm³/mol. The number of benzene rings is 2. The van der Waals surface area contributed by atoms with Crippen molar-refractivity contribution in [1.82, 2.24) is 4.98 Å². The van der Waals surface area contributed by atoms with Crippen LogP contribution in [0.3, 0.4) is 0 Å². The number of nitriles is 1. The number of carbonyl (C=O) groups excluding carboxylic acids is 1. The Morgan fingerprint density at radius 3 is 2.79 bits per heavy atom. The van der Waals surface area contributed by atoms with Crippen molar-refractivity contribution in [3.8, 4) is 22.4 Å². The van der Waals surface area contributed by atoms with Gasteiger partial charge in [0.2, 0.25) is 0 Å². The number of amides is 1. The van der Waals surface area contributed by atoms with E-state index in [1.165, 1.54) is 17.4 Å². The largest absolute Gasteiger partial charge is 0.497 e. The normalized spacial score (nSPS) is 11.0. The van der Waals surface area contributed by atoms with Gasteiger partial charge in [0.15, 0.2) is 0 Å². The average molecular weight is 389 g/mol. The minimum atomic E-state index is -0.453. The summed E-state index contributed by atoms with van der Waals surface area (Å²) in [6, 6.07) is 15.3. The van der Waals surface area contributed by atoms with E-state index in [1.54, 1.807) is 7.11 Å². The third kappa shape index (κ3) is 4.45. The molecule has 140 valence electrons. The summed E-state index contributed by atoms with van der Waals surface area (Å²) in [6.07, 6.45) is 1.50. The molecule has 0 radical (unpaired) electrons. The summed E-state index contributed by atoms with van der Waals surface area (Å²) in [6.45, 7) is 3.90. The Bertz CT molecular complexity index is 1090. The summed E-state index contributed by atoms with van der Waals surface area (Å²) < 4.78 is 5.24. The number of nitrogens with one attached hydrogen (secondary N) is 1. The standard InChI is InChI=1S/C22H19N3O2S/c1-14-7-8-20(15(2)9-14)25-21(26)17(12-23)10-18-13-28-22(24-18)16-5-4-6-19(11-16)27-3/h4-11,13H,1-3H3,(H,25,26). The summed E-state index contributed by atoms with van der Waals surface area (Å²) in [5.41, 5.74) is 4.23. The molecule has 3 aromatic rings. The van der Waals surface area contributed by atoms with Crippen LogP contribution in [0.1, 0.15) is 16.8 Å². The predicted octanol–water partition coefficient (Wildman–Crippen LogP) is 4.98. The fraction of sp³-hybridized carbons (Fsp3) is 0.136. The molecule has 0 saturated heterocycles. The van der Waals surface area contributed by atoms with Crippen LogP contribution in [-0.2, 0) is 4.79 Å². The van der Waals surface area contributed by atoms with Crippen LogP contribution in [0.15, 0.2) is 53.4 Å². The number of ether oxygens (including phenoxy) is 1. The third-order valence-electron chi connectivity index (χ3n) is 4.13. The molecule has 0 fully saturated rings. The van der Waals surface area contributed by atoms with E-state index in [0.717, 1.165) is 27.4 Å². The topological polar surface area (TPSA) is 75.0 Å². The number of anilines is 1. The fourth-order valence-corrected chi connectivity index (χ4v) is 3.46. The van der Waals surface area contributed by atoms with Crippen molar-refractivity contribution in [2.45, 2.75) is 13.8 Å². The number of rotatable bonds is 5. The quantitative estimate of drug-likeness (QED) is 0.493. The number of methoxy groups -OCH3 is 1. The molecule has 0 bridgehead atoms. The molecule has 5 nitrogen and oxygen atoms in total. The molecule has 1 aromatic heterocycles. The highest BCUT2D eigenvalue weighted by Crippen LogP contribution is 2.27. The van der Waals surface area contributed by atoms with E-state index in [-0.39, 0.29) is 5.57 Å². The summed E-state index contributed by atoms with van der Waals surface area (Å²) in [5, 5.41) is 14.8. The summed E-state index contributed by atoms with van der Waals surface area (Å²) in [7, 11) is 1.61. The molecule has 1 amide bonds. The van der Waals surface area contributed by atoms with Gasteiger partial charge in [-0.2, -0.15) is 5.26 Å². The minimum Gasteiger partial charge on any atom is -0.497 e. The lowest BCUT2D eigenvalue weighted by molar-refractivity contribution is -0.112. The molecular weight excluding hydrogens is 370 g/mol. The Balaban J connectivity index is 1.81. The SMILES string of the molecule is COc1cccc(-c2nc(C=C(C#N)C(=O)Nc3ccc(C)cc3C)cs2)c1. The van der Waals surface area contributed by atoms with E-state index >= 15 is 0 Å². The van der Waals surface area contributed by atoms with Crippen molar-refractivity contribution >= 4 is 29.0 Å². The lowest BCUT2D eigenvalue weighted by Gasteiger charge is -2.08. The van der Waals surface area contributed by atoms with Crippen LogP contribution in [-0.4, -0.2) is 18.0 Å². The molecule has 0 saturated carbocycles. The van der Waals surface area contributed by atoms with Crippen LogP contribution < -0.4 is 10.1 Å². The van der Waals surface area contributed by atoms with Gasteiger partial charge in [-0.25, -0.2) is 4.98 Å². The highest BCUT2D eigenvalue weighted by Gasteiger charge is 2.12. The highest BCUT2D eigenvalue weighted by molar-refractivity contribution is 7.13. The summed E-state index contributed by atoms with van der Waals surface area (Å²) in [5.74, 6) is 0.292. The zero-order valence-corrected chi connectivity index (χ0v) is 16.6. The molecule has 3 rings (SSSR count). The van der Waals surface area contributed by atoms with Crippen molar-refractivity contribution in [2.24, 2.45) is 0 Å². The van der Waals surface area contributed by atoms with Crippen molar-refractivity contribution < 1.29 is 9.53 Å². The first-order valence-corrected chi connectivity index (χ1v) is 9.48. The van der Waals surface area contributed by atoms with Crippen LogP contribution in [0.5, 0.6) is 5.75 Å². The van der Waals surface area contributed by atoms with Crippen LogP contribution in [0, 0.1) is 25.2 Å². The molecule has 1 heterocycles. The van der Waals surface area contributed by atoms with E-state index in [0.29, 0.717) is 11.4 Å². The van der Waals surface area contributed by atoms with Gasteiger partial charge in [0.05, 0.1) is 12.8 Å². The number of hydrogen-bond acceptors (Lipinski definition) is 5.